The molecule has 1 aliphatic heterocycles. The first-order valence-corrected chi connectivity index (χ1v) is 11.3. The van der Waals surface area contributed by atoms with E-state index in [0.29, 0.717) is 11.8 Å². The van der Waals surface area contributed by atoms with Crippen LogP contribution in [0.3, 0.4) is 0 Å². The number of halogens is 2. The molecule has 28 heavy (non-hydrogen) atoms. The van der Waals surface area contributed by atoms with Crippen molar-refractivity contribution in [1.29, 1.82) is 0 Å². The monoisotopic (exact) mass is 415 g/mol. The molecule has 0 amide bonds. The molecule has 0 spiro atoms. The quantitative estimate of drug-likeness (QED) is 0.379. The number of anilines is 2. The van der Waals surface area contributed by atoms with Gasteiger partial charge in [0.1, 0.15) is 0 Å². The van der Waals surface area contributed by atoms with Crippen molar-refractivity contribution in [3.8, 4) is 0 Å². The number of fused-ring (bicyclic) bond motifs is 7. The third-order valence-electron chi connectivity index (χ3n) is 7.01. The number of benzene rings is 2. The number of rotatable bonds is 5. The molecule has 2 aromatic carbocycles. The van der Waals surface area contributed by atoms with Gasteiger partial charge in [-0.05, 0) is 85.3 Å². The van der Waals surface area contributed by atoms with Gasteiger partial charge in [-0.2, -0.15) is 0 Å². The summed E-state index contributed by atoms with van der Waals surface area (Å²) in [6.07, 6.45) is 5.12. The summed E-state index contributed by atoms with van der Waals surface area (Å²) in [5.74, 6) is 2.67. The maximum absolute atomic E-state index is 6.64. The largest absolute Gasteiger partial charge is 0.378 e. The molecular weight excluding hydrogens is 389 g/mol. The fraction of sp³-hybridized carbons (Fsp3) is 0.478. The van der Waals surface area contributed by atoms with Crippen molar-refractivity contribution in [2.75, 3.05) is 17.3 Å². The molecule has 3 N–H and O–H groups in total. The Morgan fingerprint density at radius 2 is 1.86 bits per heavy atom. The number of hydrogen-bond donors (Lipinski definition) is 3. The van der Waals surface area contributed by atoms with Gasteiger partial charge in [0, 0.05) is 33.5 Å². The molecule has 148 valence electrons. The summed E-state index contributed by atoms with van der Waals surface area (Å²) in [5.41, 5.74) is 11.6. The molecule has 0 saturated heterocycles. The average Bonchev–Trinajstić information content (AvgIpc) is 3.31. The van der Waals surface area contributed by atoms with Crippen LogP contribution in [0.15, 0.2) is 36.4 Å². The molecule has 5 unspecified atom stereocenters. The zero-order valence-electron chi connectivity index (χ0n) is 16.1. The summed E-state index contributed by atoms with van der Waals surface area (Å²) in [6, 6.07) is 12.8. The highest BCUT2D eigenvalue weighted by molar-refractivity contribution is 6.36. The van der Waals surface area contributed by atoms with Crippen LogP contribution < -0.4 is 16.2 Å². The van der Waals surface area contributed by atoms with Gasteiger partial charge in [-0.15, -0.1) is 0 Å². The van der Waals surface area contributed by atoms with Crippen LogP contribution in [-0.4, -0.2) is 6.54 Å². The second kappa shape index (κ2) is 7.44. The van der Waals surface area contributed by atoms with Gasteiger partial charge in [-0.25, -0.2) is 5.43 Å². The minimum absolute atomic E-state index is 0.186. The van der Waals surface area contributed by atoms with Crippen molar-refractivity contribution in [3.63, 3.8) is 0 Å². The Hall–Kier alpha value is -1.42. The maximum atomic E-state index is 6.64. The topological polar surface area (TPSA) is 36.1 Å². The first-order chi connectivity index (χ1) is 13.7. The Kier molecular flexibility index (Phi) is 4.94. The van der Waals surface area contributed by atoms with Crippen molar-refractivity contribution in [2.24, 2.45) is 17.8 Å². The van der Waals surface area contributed by atoms with E-state index in [2.05, 4.69) is 41.3 Å². The fourth-order valence-corrected chi connectivity index (χ4v) is 6.58. The lowest BCUT2D eigenvalue weighted by Gasteiger charge is -2.44. The third-order valence-corrected chi connectivity index (χ3v) is 7.66. The lowest BCUT2D eigenvalue weighted by atomic mass is 9.68. The Balaban J connectivity index is 1.55. The molecule has 2 bridgehead atoms. The summed E-state index contributed by atoms with van der Waals surface area (Å²) in [7, 11) is 0. The van der Waals surface area contributed by atoms with Crippen LogP contribution in [0.5, 0.6) is 0 Å². The Morgan fingerprint density at radius 1 is 1.07 bits per heavy atom. The van der Waals surface area contributed by atoms with Crippen LogP contribution in [0.2, 0.25) is 10.0 Å². The molecule has 3 nitrogen and oxygen atoms in total. The second-order valence-corrected chi connectivity index (χ2v) is 9.36. The number of nitrogens with one attached hydrogen (secondary N) is 3. The van der Waals surface area contributed by atoms with Crippen LogP contribution >= 0.6 is 23.2 Å². The van der Waals surface area contributed by atoms with E-state index >= 15 is 0 Å². The normalized spacial score (nSPS) is 29.9. The van der Waals surface area contributed by atoms with Crippen LogP contribution in [0.1, 0.15) is 55.7 Å². The second-order valence-electron chi connectivity index (χ2n) is 8.55. The fourth-order valence-electron chi connectivity index (χ4n) is 5.95. The summed E-state index contributed by atoms with van der Waals surface area (Å²) < 4.78 is 0. The van der Waals surface area contributed by atoms with E-state index in [0.717, 1.165) is 46.1 Å². The van der Waals surface area contributed by atoms with Crippen molar-refractivity contribution >= 4 is 34.6 Å². The Labute approximate surface area is 177 Å². The zero-order chi connectivity index (χ0) is 19.3. The molecule has 5 atom stereocenters. The molecule has 3 aliphatic rings. The van der Waals surface area contributed by atoms with Gasteiger partial charge in [0.15, 0.2) is 0 Å². The minimum Gasteiger partial charge on any atom is -0.378 e. The summed E-state index contributed by atoms with van der Waals surface area (Å²) >= 11 is 13.3. The highest BCUT2D eigenvalue weighted by Gasteiger charge is 2.54. The van der Waals surface area contributed by atoms with Crippen molar-refractivity contribution < 1.29 is 0 Å². The molecule has 2 aliphatic carbocycles. The van der Waals surface area contributed by atoms with Gasteiger partial charge in [0.05, 0.1) is 6.04 Å². The maximum Gasteiger partial charge on any atom is 0.0580 e. The molecule has 2 fully saturated rings. The lowest BCUT2D eigenvalue weighted by Crippen LogP contribution is -2.36. The number of hydrogen-bond acceptors (Lipinski definition) is 3. The molecule has 1 heterocycles. The van der Waals surface area contributed by atoms with Crippen LogP contribution in [0, 0.1) is 17.8 Å². The smallest absolute Gasteiger partial charge is 0.0580 e. The lowest BCUT2D eigenvalue weighted by molar-refractivity contribution is 0.248. The predicted molar refractivity (Wildman–Crippen MR) is 118 cm³/mol. The first-order valence-electron chi connectivity index (χ1n) is 10.5. The highest BCUT2D eigenvalue weighted by Crippen LogP contribution is 2.64. The van der Waals surface area contributed by atoms with E-state index in [9.17, 15) is 0 Å². The van der Waals surface area contributed by atoms with Crippen molar-refractivity contribution in [2.45, 2.75) is 44.6 Å². The Bertz CT molecular complexity index is 864. The summed E-state index contributed by atoms with van der Waals surface area (Å²) in [5, 5.41) is 5.38. The van der Waals surface area contributed by atoms with Crippen LogP contribution in [-0.2, 0) is 0 Å². The average molecular weight is 416 g/mol. The predicted octanol–water partition coefficient (Wildman–Crippen LogP) is 6.62. The van der Waals surface area contributed by atoms with Crippen LogP contribution in [0.4, 0.5) is 11.4 Å². The SMILES string of the molecule is CCCNNc1ccc2c(c1)C1C3CCC(C3)C1C(c1c(Cl)cccc1Cl)N2. The van der Waals surface area contributed by atoms with Gasteiger partial charge >= 0.3 is 0 Å². The molecule has 2 saturated carbocycles. The van der Waals surface area contributed by atoms with Gasteiger partial charge in [0.2, 0.25) is 0 Å². The number of hydrazine groups is 1. The van der Waals surface area contributed by atoms with E-state index in [1.165, 1.54) is 30.5 Å². The molecular formula is C23H27Cl2N3. The van der Waals surface area contributed by atoms with Crippen molar-refractivity contribution in [1.82, 2.24) is 5.43 Å². The molecule has 0 radical (unpaired) electrons. The summed E-state index contributed by atoms with van der Waals surface area (Å²) in [6.45, 7) is 3.13. The van der Waals surface area contributed by atoms with Gasteiger partial charge in [-0.3, -0.25) is 0 Å². The molecule has 2 aromatic rings. The summed E-state index contributed by atoms with van der Waals surface area (Å²) in [4.78, 5) is 0. The van der Waals surface area contributed by atoms with Crippen LogP contribution in [0.25, 0.3) is 0 Å². The standard InChI is InChI=1S/C23H27Cl2N3/c1-2-10-26-28-15-8-9-19-16(12-15)20-13-6-7-14(11-13)21(20)23(27-19)22-17(24)4-3-5-18(22)25/h3-5,8-9,12-14,20-21,23,26-28H,2,6-7,10-11H2,1H3. The van der Waals surface area contributed by atoms with Gasteiger partial charge < -0.3 is 10.7 Å². The van der Waals surface area contributed by atoms with E-state index in [1.807, 2.05) is 18.2 Å². The molecule has 5 rings (SSSR count). The Morgan fingerprint density at radius 3 is 2.64 bits per heavy atom. The minimum atomic E-state index is 0.186. The molecule has 5 heteroatoms. The van der Waals surface area contributed by atoms with E-state index in [4.69, 9.17) is 23.2 Å². The van der Waals surface area contributed by atoms with Crippen molar-refractivity contribution in [3.05, 3.63) is 57.6 Å². The zero-order valence-corrected chi connectivity index (χ0v) is 17.7. The van der Waals surface area contributed by atoms with Gasteiger partial charge in [-0.1, -0.05) is 36.2 Å². The van der Waals surface area contributed by atoms with E-state index < -0.39 is 0 Å². The third kappa shape index (κ3) is 2.99. The highest BCUT2D eigenvalue weighted by atomic mass is 35.5. The van der Waals surface area contributed by atoms with Gasteiger partial charge in [0.25, 0.3) is 0 Å². The van der Waals surface area contributed by atoms with E-state index in [1.54, 1.807) is 0 Å². The molecule has 0 aromatic heterocycles. The first kappa shape index (κ1) is 18.6. The van der Waals surface area contributed by atoms with E-state index in [-0.39, 0.29) is 6.04 Å².